The minimum Gasteiger partial charge on any atom is -0.461 e. The third-order valence-corrected chi connectivity index (χ3v) is 4.05. The molecule has 18 heavy (non-hydrogen) atoms. The van der Waals surface area contributed by atoms with Crippen LogP contribution in [0.5, 0.6) is 0 Å². The van der Waals surface area contributed by atoms with Crippen molar-refractivity contribution < 1.29 is 4.42 Å². The Balaban J connectivity index is 1.71. The fourth-order valence-electron chi connectivity index (χ4n) is 2.32. The molecule has 96 valence electrons. The molecule has 2 aromatic rings. The largest absolute Gasteiger partial charge is 0.461 e. The van der Waals surface area contributed by atoms with Gasteiger partial charge in [-0.3, -0.25) is 0 Å². The number of benzene rings is 1. The molecule has 0 spiro atoms. The van der Waals surface area contributed by atoms with Crippen LogP contribution in [0.3, 0.4) is 0 Å². The number of nitrogens with one attached hydrogen (secondary N) is 1. The average molecular weight is 243 g/mol. The molecule has 0 amide bonds. The molecule has 2 atom stereocenters. The van der Waals surface area contributed by atoms with E-state index in [2.05, 4.69) is 37.4 Å². The molecule has 0 saturated heterocycles. The lowest BCUT2D eigenvalue weighted by Gasteiger charge is -2.18. The van der Waals surface area contributed by atoms with Crippen molar-refractivity contribution in [1.29, 1.82) is 0 Å². The monoisotopic (exact) mass is 243 g/mol. The van der Waals surface area contributed by atoms with Gasteiger partial charge in [0.1, 0.15) is 11.3 Å². The lowest BCUT2D eigenvalue weighted by molar-refractivity contribution is 0.390. The van der Waals surface area contributed by atoms with Gasteiger partial charge in [-0.2, -0.15) is 0 Å². The van der Waals surface area contributed by atoms with Crippen LogP contribution in [0, 0.1) is 5.92 Å². The molecule has 1 fully saturated rings. The zero-order valence-corrected chi connectivity index (χ0v) is 11.1. The Bertz CT molecular complexity index is 494. The summed E-state index contributed by atoms with van der Waals surface area (Å²) in [6, 6.07) is 11.2. The molecule has 3 rings (SSSR count). The van der Waals surface area contributed by atoms with Gasteiger partial charge in [0.05, 0.1) is 0 Å². The molecular weight excluding hydrogens is 222 g/mol. The van der Waals surface area contributed by atoms with Crippen LogP contribution in [0.15, 0.2) is 34.7 Å². The van der Waals surface area contributed by atoms with Crippen molar-refractivity contribution in [2.45, 2.75) is 38.6 Å². The molecule has 1 aliphatic carbocycles. The molecule has 1 aliphatic rings. The highest BCUT2D eigenvalue weighted by Gasteiger charge is 2.23. The van der Waals surface area contributed by atoms with Crippen molar-refractivity contribution >= 4 is 11.0 Å². The van der Waals surface area contributed by atoms with Crippen molar-refractivity contribution in [3.63, 3.8) is 0 Å². The Morgan fingerprint density at radius 1 is 1.28 bits per heavy atom. The van der Waals surface area contributed by atoms with Gasteiger partial charge in [-0.25, -0.2) is 0 Å². The highest BCUT2D eigenvalue weighted by Crippen LogP contribution is 2.30. The molecule has 1 saturated carbocycles. The number of rotatable bonds is 5. The Morgan fingerprint density at radius 2 is 2.06 bits per heavy atom. The van der Waals surface area contributed by atoms with Crippen LogP contribution < -0.4 is 5.32 Å². The maximum absolute atomic E-state index is 5.95. The van der Waals surface area contributed by atoms with E-state index in [9.17, 15) is 0 Å². The quantitative estimate of drug-likeness (QED) is 0.861. The van der Waals surface area contributed by atoms with Crippen LogP contribution in [0.25, 0.3) is 11.0 Å². The van der Waals surface area contributed by atoms with E-state index < -0.39 is 0 Å². The van der Waals surface area contributed by atoms with E-state index >= 15 is 0 Å². The van der Waals surface area contributed by atoms with E-state index in [1.165, 1.54) is 18.2 Å². The average Bonchev–Trinajstić information content (AvgIpc) is 3.11. The van der Waals surface area contributed by atoms with Crippen molar-refractivity contribution in [3.8, 4) is 0 Å². The molecule has 0 bridgehead atoms. The van der Waals surface area contributed by atoms with Crippen molar-refractivity contribution in [2.24, 2.45) is 5.92 Å². The first kappa shape index (κ1) is 11.8. The fourth-order valence-corrected chi connectivity index (χ4v) is 2.32. The van der Waals surface area contributed by atoms with E-state index in [4.69, 9.17) is 4.42 Å². The van der Waals surface area contributed by atoms with Crippen LogP contribution in [0.4, 0.5) is 0 Å². The van der Waals surface area contributed by atoms with Crippen molar-refractivity contribution in [1.82, 2.24) is 5.32 Å². The Hall–Kier alpha value is -1.28. The minimum absolute atomic E-state index is 0.462. The first-order chi connectivity index (χ1) is 8.74. The number of para-hydroxylation sites is 1. The number of furan rings is 1. The third-order valence-electron chi connectivity index (χ3n) is 4.05. The molecule has 2 heteroatoms. The maximum Gasteiger partial charge on any atom is 0.134 e. The molecule has 0 radical (unpaired) electrons. The normalized spacial score (nSPS) is 19.0. The van der Waals surface area contributed by atoms with Crippen LogP contribution in [0.2, 0.25) is 0 Å². The first-order valence-corrected chi connectivity index (χ1v) is 6.96. The summed E-state index contributed by atoms with van der Waals surface area (Å²) in [6.45, 7) is 5.65. The van der Waals surface area contributed by atoms with Gasteiger partial charge < -0.3 is 9.73 Å². The summed E-state index contributed by atoms with van der Waals surface area (Å²) in [7, 11) is 0. The third kappa shape index (κ3) is 2.44. The second kappa shape index (κ2) is 4.77. The van der Waals surface area contributed by atoms with E-state index in [1.807, 2.05) is 12.1 Å². The maximum atomic E-state index is 5.95. The lowest BCUT2D eigenvalue weighted by Crippen LogP contribution is -2.25. The first-order valence-electron chi connectivity index (χ1n) is 6.96. The number of hydrogen-bond donors (Lipinski definition) is 1. The van der Waals surface area contributed by atoms with Crippen LogP contribution in [-0.4, -0.2) is 12.6 Å². The second-order valence-electron chi connectivity index (χ2n) is 5.64. The number of hydrogen-bond acceptors (Lipinski definition) is 2. The Morgan fingerprint density at radius 3 is 2.78 bits per heavy atom. The lowest BCUT2D eigenvalue weighted by atomic mass is 9.93. The van der Waals surface area contributed by atoms with Gasteiger partial charge in [0, 0.05) is 17.3 Å². The van der Waals surface area contributed by atoms with Gasteiger partial charge in [0.15, 0.2) is 0 Å². The van der Waals surface area contributed by atoms with E-state index in [-0.39, 0.29) is 0 Å². The zero-order valence-electron chi connectivity index (χ0n) is 11.1. The summed E-state index contributed by atoms with van der Waals surface area (Å²) >= 11 is 0. The molecule has 1 heterocycles. The zero-order chi connectivity index (χ0) is 12.5. The summed E-state index contributed by atoms with van der Waals surface area (Å²) in [5.41, 5.74) is 1.00. The molecule has 2 nitrogen and oxygen atoms in total. The second-order valence-corrected chi connectivity index (χ2v) is 5.64. The van der Waals surface area contributed by atoms with E-state index in [1.54, 1.807) is 0 Å². The Kier molecular flexibility index (Phi) is 3.13. The predicted octanol–water partition coefficient (Wildman–Crippen LogP) is 3.92. The minimum atomic E-state index is 0.462. The van der Waals surface area contributed by atoms with Crippen LogP contribution >= 0.6 is 0 Å². The molecular formula is C16H21NO. The molecule has 2 unspecified atom stereocenters. The van der Waals surface area contributed by atoms with E-state index in [0.717, 1.165) is 23.9 Å². The highest BCUT2D eigenvalue weighted by atomic mass is 16.3. The van der Waals surface area contributed by atoms with Gasteiger partial charge in [-0.1, -0.05) is 32.0 Å². The topological polar surface area (TPSA) is 25.2 Å². The van der Waals surface area contributed by atoms with Gasteiger partial charge in [0.2, 0.25) is 0 Å². The summed E-state index contributed by atoms with van der Waals surface area (Å²) in [5.74, 6) is 2.18. The fraction of sp³-hybridized carbons (Fsp3) is 0.500. The van der Waals surface area contributed by atoms with Gasteiger partial charge in [0.25, 0.3) is 0 Å². The van der Waals surface area contributed by atoms with Gasteiger partial charge in [-0.15, -0.1) is 0 Å². The predicted molar refractivity (Wildman–Crippen MR) is 74.8 cm³/mol. The van der Waals surface area contributed by atoms with Crippen molar-refractivity contribution in [2.75, 3.05) is 6.54 Å². The summed E-state index contributed by atoms with van der Waals surface area (Å²) in [4.78, 5) is 0. The van der Waals surface area contributed by atoms with Crippen LogP contribution in [0.1, 0.15) is 38.4 Å². The Labute approximate surface area is 108 Å². The van der Waals surface area contributed by atoms with Gasteiger partial charge in [-0.05, 0) is 37.4 Å². The molecule has 0 aliphatic heterocycles. The SMILES string of the molecule is CC(CNC1CC1)C(C)c1cc2ccccc2o1. The molecule has 1 aromatic heterocycles. The van der Waals surface area contributed by atoms with Gasteiger partial charge >= 0.3 is 0 Å². The van der Waals surface area contributed by atoms with Crippen LogP contribution in [-0.2, 0) is 0 Å². The number of fused-ring (bicyclic) bond motifs is 1. The van der Waals surface area contributed by atoms with E-state index in [0.29, 0.717) is 11.8 Å². The summed E-state index contributed by atoms with van der Waals surface area (Å²) in [6.07, 6.45) is 2.71. The van der Waals surface area contributed by atoms with Crippen molar-refractivity contribution in [3.05, 3.63) is 36.1 Å². The molecule has 1 aromatic carbocycles. The summed E-state index contributed by atoms with van der Waals surface area (Å²) < 4.78 is 5.95. The molecule has 1 N–H and O–H groups in total. The standard InChI is InChI=1S/C16H21NO/c1-11(10-17-14-7-8-14)12(2)16-9-13-5-3-4-6-15(13)18-16/h3-6,9,11-12,14,17H,7-8,10H2,1-2H3. The smallest absolute Gasteiger partial charge is 0.134 e. The highest BCUT2D eigenvalue weighted by molar-refractivity contribution is 5.77. The summed E-state index contributed by atoms with van der Waals surface area (Å²) in [5, 5.41) is 4.81.